The fourth-order valence-corrected chi connectivity index (χ4v) is 2.90. The molecule has 122 valence electrons. The van der Waals surface area contributed by atoms with Crippen LogP contribution in [0.25, 0.3) is 22.6 Å². The predicted octanol–water partition coefficient (Wildman–Crippen LogP) is 2.79. The van der Waals surface area contributed by atoms with Crippen LogP contribution >= 0.6 is 11.6 Å². The standard InChI is InChI=1S/C17H16ClN5O/c1-9-3-4-10(18)5-11(9)16-12(17(20)24)6-14(23(16)2)13-7-15(19)22-8-21-13/h3-8H,1-2H3,(H2,20,24)(H2,19,21,22). The quantitative estimate of drug-likeness (QED) is 0.765. The van der Waals surface area contributed by atoms with Crippen LogP contribution in [0.4, 0.5) is 5.82 Å². The van der Waals surface area contributed by atoms with Crippen LogP contribution in [0.15, 0.2) is 36.7 Å². The highest BCUT2D eigenvalue weighted by molar-refractivity contribution is 6.31. The summed E-state index contributed by atoms with van der Waals surface area (Å²) in [6, 6.07) is 8.88. The highest BCUT2D eigenvalue weighted by Crippen LogP contribution is 2.34. The molecule has 1 aromatic carbocycles. The first-order valence-electron chi connectivity index (χ1n) is 7.22. The maximum Gasteiger partial charge on any atom is 0.250 e. The van der Waals surface area contributed by atoms with Gasteiger partial charge in [-0.25, -0.2) is 9.97 Å². The van der Waals surface area contributed by atoms with Crippen molar-refractivity contribution in [2.75, 3.05) is 5.73 Å². The molecule has 24 heavy (non-hydrogen) atoms. The van der Waals surface area contributed by atoms with E-state index in [4.69, 9.17) is 23.1 Å². The van der Waals surface area contributed by atoms with Crippen molar-refractivity contribution in [3.8, 4) is 22.6 Å². The fourth-order valence-electron chi connectivity index (χ4n) is 2.72. The second-order valence-corrected chi connectivity index (χ2v) is 5.94. The van der Waals surface area contributed by atoms with E-state index >= 15 is 0 Å². The van der Waals surface area contributed by atoms with Gasteiger partial charge >= 0.3 is 0 Å². The van der Waals surface area contributed by atoms with E-state index in [-0.39, 0.29) is 0 Å². The number of hydrogen-bond donors (Lipinski definition) is 2. The first kappa shape index (κ1) is 16.0. The number of primary amides is 1. The van der Waals surface area contributed by atoms with Crippen LogP contribution in [0.1, 0.15) is 15.9 Å². The van der Waals surface area contributed by atoms with E-state index in [1.165, 1.54) is 6.33 Å². The molecule has 0 unspecified atom stereocenters. The lowest BCUT2D eigenvalue weighted by Crippen LogP contribution is -2.12. The predicted molar refractivity (Wildman–Crippen MR) is 94.6 cm³/mol. The molecule has 7 heteroatoms. The van der Waals surface area contributed by atoms with Gasteiger partial charge in [-0.2, -0.15) is 0 Å². The highest BCUT2D eigenvalue weighted by atomic mass is 35.5. The highest BCUT2D eigenvalue weighted by Gasteiger charge is 2.21. The van der Waals surface area contributed by atoms with Gasteiger partial charge in [0, 0.05) is 23.7 Å². The maximum atomic E-state index is 12.0. The Labute approximate surface area is 144 Å². The Morgan fingerprint density at radius 2 is 1.96 bits per heavy atom. The van der Waals surface area contributed by atoms with Crippen molar-refractivity contribution in [2.24, 2.45) is 12.8 Å². The number of halogens is 1. The first-order chi connectivity index (χ1) is 11.4. The zero-order chi connectivity index (χ0) is 17.4. The number of amides is 1. The van der Waals surface area contributed by atoms with E-state index in [0.29, 0.717) is 33.5 Å². The van der Waals surface area contributed by atoms with E-state index in [9.17, 15) is 4.79 Å². The zero-order valence-corrected chi connectivity index (χ0v) is 14.0. The summed E-state index contributed by atoms with van der Waals surface area (Å²) in [7, 11) is 1.84. The van der Waals surface area contributed by atoms with E-state index in [1.807, 2.05) is 30.7 Å². The van der Waals surface area contributed by atoms with Gasteiger partial charge in [0.05, 0.1) is 22.6 Å². The molecule has 0 fully saturated rings. The van der Waals surface area contributed by atoms with Crippen LogP contribution < -0.4 is 11.5 Å². The topological polar surface area (TPSA) is 99.8 Å². The van der Waals surface area contributed by atoms with Crippen molar-refractivity contribution >= 4 is 23.3 Å². The lowest BCUT2D eigenvalue weighted by molar-refractivity contribution is 0.100. The molecule has 6 nitrogen and oxygen atoms in total. The summed E-state index contributed by atoms with van der Waals surface area (Å²) in [4.78, 5) is 20.1. The summed E-state index contributed by atoms with van der Waals surface area (Å²) < 4.78 is 1.86. The lowest BCUT2D eigenvalue weighted by atomic mass is 10.0. The summed E-state index contributed by atoms with van der Waals surface area (Å²) >= 11 is 6.13. The Morgan fingerprint density at radius 1 is 1.21 bits per heavy atom. The van der Waals surface area contributed by atoms with Gasteiger partial charge < -0.3 is 16.0 Å². The van der Waals surface area contributed by atoms with E-state index in [1.54, 1.807) is 18.2 Å². The molecule has 3 rings (SSSR count). The number of nitrogen functional groups attached to an aromatic ring is 1. The minimum absolute atomic E-state index is 0.349. The van der Waals surface area contributed by atoms with Gasteiger partial charge in [-0.05, 0) is 30.7 Å². The van der Waals surface area contributed by atoms with Gasteiger partial charge in [-0.3, -0.25) is 4.79 Å². The fraction of sp³-hybridized carbons (Fsp3) is 0.118. The monoisotopic (exact) mass is 341 g/mol. The number of benzene rings is 1. The average Bonchev–Trinajstić information content (AvgIpc) is 2.87. The largest absolute Gasteiger partial charge is 0.384 e. The van der Waals surface area contributed by atoms with Crippen LogP contribution in [0.2, 0.25) is 5.02 Å². The van der Waals surface area contributed by atoms with Crippen LogP contribution in [-0.4, -0.2) is 20.4 Å². The van der Waals surface area contributed by atoms with E-state index in [0.717, 1.165) is 11.1 Å². The number of anilines is 1. The number of aromatic nitrogens is 3. The number of carbonyl (C=O) groups is 1. The van der Waals surface area contributed by atoms with Crippen molar-refractivity contribution in [3.63, 3.8) is 0 Å². The average molecular weight is 342 g/mol. The minimum atomic E-state index is -0.520. The number of hydrogen-bond acceptors (Lipinski definition) is 4. The second-order valence-electron chi connectivity index (χ2n) is 5.50. The van der Waals surface area contributed by atoms with E-state index in [2.05, 4.69) is 9.97 Å². The van der Waals surface area contributed by atoms with Crippen molar-refractivity contribution in [2.45, 2.75) is 6.92 Å². The summed E-state index contributed by atoms with van der Waals surface area (Å²) in [6.07, 6.45) is 1.38. The molecule has 1 amide bonds. The lowest BCUT2D eigenvalue weighted by Gasteiger charge is -2.12. The maximum absolute atomic E-state index is 12.0. The Kier molecular flexibility index (Phi) is 3.99. The summed E-state index contributed by atoms with van der Waals surface area (Å²) in [5, 5.41) is 0.583. The Bertz CT molecular complexity index is 948. The van der Waals surface area contributed by atoms with Crippen molar-refractivity contribution in [3.05, 3.63) is 52.8 Å². The molecule has 2 heterocycles. The van der Waals surface area contributed by atoms with Gasteiger partial charge in [0.2, 0.25) is 0 Å². The molecule has 0 aliphatic rings. The number of nitrogens with two attached hydrogens (primary N) is 2. The Balaban J connectivity index is 2.30. The summed E-state index contributed by atoms with van der Waals surface area (Å²) in [5.74, 6) is -0.171. The van der Waals surface area contributed by atoms with Crippen molar-refractivity contribution in [1.82, 2.24) is 14.5 Å². The summed E-state index contributed by atoms with van der Waals surface area (Å²) in [6.45, 7) is 1.95. The van der Waals surface area contributed by atoms with Gasteiger partial charge in [0.15, 0.2) is 0 Å². The normalized spacial score (nSPS) is 10.8. The SMILES string of the molecule is Cc1ccc(Cl)cc1-c1c(C(N)=O)cc(-c2cc(N)ncn2)n1C. The van der Waals surface area contributed by atoms with Crippen LogP contribution in [0.5, 0.6) is 0 Å². The molecule has 3 aromatic rings. The second kappa shape index (κ2) is 5.98. The van der Waals surface area contributed by atoms with Crippen LogP contribution in [0, 0.1) is 6.92 Å². The third-order valence-corrected chi connectivity index (χ3v) is 4.14. The number of aryl methyl sites for hydroxylation is 1. The Hall–Kier alpha value is -2.86. The van der Waals surface area contributed by atoms with Gasteiger partial charge in [0.25, 0.3) is 5.91 Å². The number of carbonyl (C=O) groups excluding carboxylic acids is 1. The molecule has 0 atom stereocenters. The molecule has 0 saturated carbocycles. The molecule has 0 spiro atoms. The molecule has 4 N–H and O–H groups in total. The molecule has 2 aromatic heterocycles. The van der Waals surface area contributed by atoms with E-state index < -0.39 is 5.91 Å². The van der Waals surface area contributed by atoms with Crippen LogP contribution in [-0.2, 0) is 7.05 Å². The number of rotatable bonds is 3. The molecular formula is C17H16ClN5O. The minimum Gasteiger partial charge on any atom is -0.384 e. The van der Waals surface area contributed by atoms with Gasteiger partial charge in [-0.15, -0.1) is 0 Å². The Morgan fingerprint density at radius 3 is 2.62 bits per heavy atom. The molecule has 0 bridgehead atoms. The van der Waals surface area contributed by atoms with Crippen molar-refractivity contribution in [1.29, 1.82) is 0 Å². The smallest absolute Gasteiger partial charge is 0.250 e. The van der Waals surface area contributed by atoms with Gasteiger partial charge in [-0.1, -0.05) is 17.7 Å². The molecule has 0 aliphatic carbocycles. The zero-order valence-electron chi connectivity index (χ0n) is 13.2. The third kappa shape index (κ3) is 2.72. The van der Waals surface area contributed by atoms with Gasteiger partial charge in [0.1, 0.15) is 12.1 Å². The first-order valence-corrected chi connectivity index (χ1v) is 7.60. The number of nitrogens with zero attached hydrogens (tertiary/aromatic N) is 3. The molecule has 0 aliphatic heterocycles. The van der Waals surface area contributed by atoms with Crippen molar-refractivity contribution < 1.29 is 4.79 Å². The summed E-state index contributed by atoms with van der Waals surface area (Å²) in [5.41, 5.74) is 15.6. The molecular weight excluding hydrogens is 326 g/mol. The van der Waals surface area contributed by atoms with Crippen LogP contribution in [0.3, 0.4) is 0 Å². The molecule has 0 radical (unpaired) electrons. The third-order valence-electron chi connectivity index (χ3n) is 3.90. The molecule has 0 saturated heterocycles.